The molecule has 0 N–H and O–H groups in total. The molecule has 0 fully saturated rings. The Labute approximate surface area is 305 Å². The van der Waals surface area contributed by atoms with Crippen LogP contribution in [0.15, 0.2) is 206 Å². The van der Waals surface area contributed by atoms with Crippen LogP contribution in [0.3, 0.4) is 0 Å². The van der Waals surface area contributed by atoms with Crippen molar-refractivity contribution in [2.75, 3.05) is 0 Å². The van der Waals surface area contributed by atoms with Crippen LogP contribution < -0.4 is 0 Å². The zero-order valence-corrected chi connectivity index (χ0v) is 28.6. The van der Waals surface area contributed by atoms with Gasteiger partial charge in [0.05, 0.1) is 0 Å². The Balaban J connectivity index is 1.23. The maximum atomic E-state index is 2.43. The van der Waals surface area contributed by atoms with Crippen molar-refractivity contribution in [3.63, 3.8) is 0 Å². The van der Waals surface area contributed by atoms with E-state index in [9.17, 15) is 0 Å². The summed E-state index contributed by atoms with van der Waals surface area (Å²) in [6, 6.07) is 75.4. The van der Waals surface area contributed by atoms with Crippen molar-refractivity contribution in [1.82, 2.24) is 0 Å². The van der Waals surface area contributed by atoms with Gasteiger partial charge in [0.1, 0.15) is 0 Å². The molecule has 9 aromatic rings. The maximum Gasteiger partial charge on any atom is -0.00143 e. The fourth-order valence-electron chi connectivity index (χ4n) is 8.35. The molecule has 242 valence electrons. The van der Waals surface area contributed by atoms with E-state index in [1.54, 1.807) is 0 Å². The van der Waals surface area contributed by atoms with Gasteiger partial charge in [-0.2, -0.15) is 0 Å². The predicted octanol–water partition coefficient (Wildman–Crippen LogP) is 14.5. The lowest BCUT2D eigenvalue weighted by Crippen LogP contribution is -1.98. The third kappa shape index (κ3) is 4.92. The molecule has 0 nitrogen and oxygen atoms in total. The zero-order valence-electron chi connectivity index (χ0n) is 28.6. The first-order valence-electron chi connectivity index (χ1n) is 18.0. The Morgan fingerprint density at radius 1 is 0.192 bits per heavy atom. The van der Waals surface area contributed by atoms with Gasteiger partial charge in [0.2, 0.25) is 0 Å². The molecule has 0 aromatic heterocycles. The number of hydrogen-bond donors (Lipinski definition) is 0. The summed E-state index contributed by atoms with van der Waals surface area (Å²) in [5.41, 5.74) is 19.9. The highest BCUT2D eigenvalue weighted by atomic mass is 14.3. The molecule has 1 aliphatic carbocycles. The van der Waals surface area contributed by atoms with Crippen LogP contribution in [-0.4, -0.2) is 0 Å². The van der Waals surface area contributed by atoms with Crippen LogP contribution in [0.4, 0.5) is 0 Å². The van der Waals surface area contributed by atoms with E-state index in [0.717, 1.165) is 0 Å². The monoisotopic (exact) mass is 658 g/mol. The van der Waals surface area contributed by atoms with Gasteiger partial charge in [0.15, 0.2) is 0 Å². The average Bonchev–Trinajstić information content (AvgIpc) is 3.56. The van der Waals surface area contributed by atoms with Crippen molar-refractivity contribution in [2.24, 2.45) is 0 Å². The van der Waals surface area contributed by atoms with Gasteiger partial charge in [-0.05, 0) is 106 Å². The zero-order chi connectivity index (χ0) is 34.4. The van der Waals surface area contributed by atoms with Crippen LogP contribution in [0.5, 0.6) is 0 Å². The summed E-state index contributed by atoms with van der Waals surface area (Å²) in [7, 11) is 0. The standard InChI is InChI=1S/C52H34/c1-5-16-35(17-6-1)47-34-48(50(39-20-9-3-10-21-39)51(40-22-11-4-12-23-40)49(47)38-18-7-2-8-19-38)37-30-28-36(29-31-37)41-32-33-46-43-25-14-13-24-42(43)45-27-15-26-44(41)52(45)46/h1-34H. The number of benzene rings is 9. The van der Waals surface area contributed by atoms with Crippen molar-refractivity contribution < 1.29 is 0 Å². The predicted molar refractivity (Wildman–Crippen MR) is 221 cm³/mol. The summed E-state index contributed by atoms with van der Waals surface area (Å²) in [5, 5.41) is 2.65. The molecule has 0 unspecified atom stereocenters. The minimum atomic E-state index is 1.19. The van der Waals surface area contributed by atoms with E-state index >= 15 is 0 Å². The molecule has 0 aliphatic heterocycles. The van der Waals surface area contributed by atoms with Gasteiger partial charge in [0.25, 0.3) is 0 Å². The quantitative estimate of drug-likeness (QED) is 0.167. The lowest BCUT2D eigenvalue weighted by Gasteiger charge is -2.24. The maximum absolute atomic E-state index is 2.43. The minimum absolute atomic E-state index is 1.19. The Morgan fingerprint density at radius 3 is 1.08 bits per heavy atom. The van der Waals surface area contributed by atoms with Gasteiger partial charge in [-0.15, -0.1) is 0 Å². The molecule has 0 saturated carbocycles. The molecule has 10 rings (SSSR count). The van der Waals surface area contributed by atoms with Crippen LogP contribution >= 0.6 is 0 Å². The summed E-state index contributed by atoms with van der Waals surface area (Å²) >= 11 is 0. The molecule has 0 heteroatoms. The number of fused-ring (bicyclic) bond motifs is 3. The van der Waals surface area contributed by atoms with Crippen LogP contribution in [0, 0.1) is 0 Å². The highest BCUT2D eigenvalue weighted by Gasteiger charge is 2.25. The molecular weight excluding hydrogens is 625 g/mol. The van der Waals surface area contributed by atoms with Gasteiger partial charge in [-0.3, -0.25) is 0 Å². The summed E-state index contributed by atoms with van der Waals surface area (Å²) in [4.78, 5) is 0. The lowest BCUT2D eigenvalue weighted by molar-refractivity contribution is 1.53. The van der Waals surface area contributed by atoms with Crippen molar-refractivity contribution in [3.05, 3.63) is 206 Å². The largest absolute Gasteiger partial charge is 0.0622 e. The normalized spacial score (nSPS) is 11.5. The van der Waals surface area contributed by atoms with E-state index < -0.39 is 0 Å². The van der Waals surface area contributed by atoms with E-state index in [0.29, 0.717) is 0 Å². The Bertz CT molecular complexity index is 2700. The van der Waals surface area contributed by atoms with E-state index in [4.69, 9.17) is 0 Å². The van der Waals surface area contributed by atoms with Gasteiger partial charge in [-0.25, -0.2) is 0 Å². The van der Waals surface area contributed by atoms with E-state index in [2.05, 4.69) is 206 Å². The fraction of sp³-hybridized carbons (Fsp3) is 0. The van der Waals surface area contributed by atoms with Gasteiger partial charge in [0, 0.05) is 0 Å². The number of hydrogen-bond acceptors (Lipinski definition) is 0. The molecule has 0 radical (unpaired) electrons. The first-order chi connectivity index (χ1) is 25.8. The van der Waals surface area contributed by atoms with E-state index in [1.807, 2.05) is 0 Å². The Morgan fingerprint density at radius 2 is 0.558 bits per heavy atom. The van der Waals surface area contributed by atoms with Crippen molar-refractivity contribution in [2.45, 2.75) is 0 Å². The molecule has 0 heterocycles. The van der Waals surface area contributed by atoms with E-state index in [-0.39, 0.29) is 0 Å². The van der Waals surface area contributed by atoms with Crippen LogP contribution in [0.25, 0.3) is 99.8 Å². The summed E-state index contributed by atoms with van der Waals surface area (Å²) in [6.07, 6.45) is 0. The second-order valence-electron chi connectivity index (χ2n) is 13.6. The third-order valence-corrected chi connectivity index (χ3v) is 10.7. The average molecular weight is 659 g/mol. The topological polar surface area (TPSA) is 0 Å². The molecule has 52 heavy (non-hydrogen) atoms. The van der Waals surface area contributed by atoms with E-state index in [1.165, 1.54) is 99.8 Å². The molecule has 9 aromatic carbocycles. The first-order valence-corrected chi connectivity index (χ1v) is 18.0. The first kappa shape index (κ1) is 30.1. The molecule has 0 atom stereocenters. The highest BCUT2D eigenvalue weighted by Crippen LogP contribution is 2.52. The van der Waals surface area contributed by atoms with Crippen molar-refractivity contribution >= 4 is 10.8 Å². The lowest BCUT2D eigenvalue weighted by atomic mass is 9.79. The Kier molecular flexibility index (Phi) is 7.25. The van der Waals surface area contributed by atoms with Crippen molar-refractivity contribution in [1.29, 1.82) is 0 Å². The molecule has 0 spiro atoms. The molecule has 1 aliphatic rings. The van der Waals surface area contributed by atoms with Gasteiger partial charge >= 0.3 is 0 Å². The third-order valence-electron chi connectivity index (χ3n) is 10.7. The second kappa shape index (κ2) is 12.5. The molecule has 0 bridgehead atoms. The second-order valence-corrected chi connectivity index (χ2v) is 13.6. The highest BCUT2D eigenvalue weighted by molar-refractivity contribution is 6.18. The molecular formula is C52H34. The fourth-order valence-corrected chi connectivity index (χ4v) is 8.35. The SMILES string of the molecule is c1ccc(-c2cc(-c3ccc(-c4ccc5c6c(cccc46)-c4ccccc4-5)cc3)c(-c3ccccc3)c(-c3ccccc3)c2-c2ccccc2)cc1. The van der Waals surface area contributed by atoms with Gasteiger partial charge < -0.3 is 0 Å². The van der Waals surface area contributed by atoms with Crippen LogP contribution in [0.1, 0.15) is 0 Å². The van der Waals surface area contributed by atoms with Gasteiger partial charge in [-0.1, -0.05) is 200 Å². The number of rotatable bonds is 6. The molecule has 0 saturated heterocycles. The summed E-state index contributed by atoms with van der Waals surface area (Å²) in [6.45, 7) is 0. The summed E-state index contributed by atoms with van der Waals surface area (Å²) < 4.78 is 0. The smallest absolute Gasteiger partial charge is 0.00143 e. The van der Waals surface area contributed by atoms with Crippen LogP contribution in [-0.2, 0) is 0 Å². The molecule has 0 amide bonds. The summed E-state index contributed by atoms with van der Waals surface area (Å²) in [5.74, 6) is 0. The minimum Gasteiger partial charge on any atom is -0.0622 e. The van der Waals surface area contributed by atoms with Crippen LogP contribution in [0.2, 0.25) is 0 Å². The van der Waals surface area contributed by atoms with Crippen molar-refractivity contribution in [3.8, 4) is 89.0 Å². The Hall–Kier alpha value is -6.76.